The topological polar surface area (TPSA) is 52.6 Å². The summed E-state index contributed by atoms with van der Waals surface area (Å²) in [5, 5.41) is 0. The third-order valence-corrected chi connectivity index (χ3v) is 2.42. The van der Waals surface area contributed by atoms with Crippen molar-refractivity contribution in [1.82, 2.24) is 0 Å². The highest BCUT2D eigenvalue weighted by Crippen LogP contribution is 2.32. The van der Waals surface area contributed by atoms with Crippen LogP contribution < -0.4 is 9.47 Å². The fourth-order valence-electron chi connectivity index (χ4n) is 1.79. The van der Waals surface area contributed by atoms with Gasteiger partial charge in [-0.05, 0) is 39.8 Å². The molecule has 0 aliphatic heterocycles. The van der Waals surface area contributed by atoms with Crippen molar-refractivity contribution in [3.63, 3.8) is 0 Å². The van der Waals surface area contributed by atoms with Gasteiger partial charge in [-0.2, -0.15) is 0 Å². The van der Waals surface area contributed by atoms with Crippen molar-refractivity contribution in [2.45, 2.75) is 33.8 Å². The SMILES string of the molecule is COc1ccc(OC(C)C)c(C(C)=O)c1C(C)=O. The summed E-state index contributed by atoms with van der Waals surface area (Å²) < 4.78 is 10.7. The van der Waals surface area contributed by atoms with E-state index in [1.54, 1.807) is 12.1 Å². The van der Waals surface area contributed by atoms with Crippen molar-refractivity contribution in [3.05, 3.63) is 23.3 Å². The Morgan fingerprint density at radius 3 is 1.83 bits per heavy atom. The first-order valence-electron chi connectivity index (χ1n) is 5.78. The Hall–Kier alpha value is -1.84. The van der Waals surface area contributed by atoms with E-state index in [-0.39, 0.29) is 28.8 Å². The lowest BCUT2D eigenvalue weighted by Gasteiger charge is -2.17. The molecule has 0 unspecified atom stereocenters. The first kappa shape index (κ1) is 14.2. The van der Waals surface area contributed by atoms with Gasteiger partial charge in [0.1, 0.15) is 11.5 Å². The van der Waals surface area contributed by atoms with Gasteiger partial charge < -0.3 is 9.47 Å². The number of hydrogen-bond acceptors (Lipinski definition) is 4. The van der Waals surface area contributed by atoms with E-state index < -0.39 is 0 Å². The molecule has 4 heteroatoms. The molecule has 0 radical (unpaired) electrons. The molecule has 0 aromatic heterocycles. The molecule has 4 nitrogen and oxygen atoms in total. The zero-order chi connectivity index (χ0) is 13.9. The van der Waals surface area contributed by atoms with E-state index >= 15 is 0 Å². The van der Waals surface area contributed by atoms with Crippen LogP contribution in [0.3, 0.4) is 0 Å². The summed E-state index contributed by atoms with van der Waals surface area (Å²) >= 11 is 0. The summed E-state index contributed by atoms with van der Waals surface area (Å²) in [6, 6.07) is 3.29. The molecular weight excluding hydrogens is 232 g/mol. The maximum absolute atomic E-state index is 11.8. The van der Waals surface area contributed by atoms with Crippen LogP contribution in [0.5, 0.6) is 11.5 Å². The maximum Gasteiger partial charge on any atom is 0.164 e. The average Bonchev–Trinajstić information content (AvgIpc) is 2.26. The molecule has 0 spiro atoms. The lowest BCUT2D eigenvalue weighted by molar-refractivity contribution is 0.0973. The van der Waals surface area contributed by atoms with Crippen LogP contribution in [0.25, 0.3) is 0 Å². The Morgan fingerprint density at radius 1 is 1.00 bits per heavy atom. The molecule has 1 aromatic rings. The number of carbonyl (C=O) groups excluding carboxylic acids is 2. The van der Waals surface area contributed by atoms with Gasteiger partial charge in [0.05, 0.1) is 24.3 Å². The summed E-state index contributed by atoms with van der Waals surface area (Å²) in [5.74, 6) is 0.383. The van der Waals surface area contributed by atoms with Crippen LogP contribution in [0.1, 0.15) is 48.4 Å². The minimum absolute atomic E-state index is 0.0729. The van der Waals surface area contributed by atoms with Gasteiger partial charge in [-0.25, -0.2) is 0 Å². The quantitative estimate of drug-likeness (QED) is 0.754. The number of benzene rings is 1. The third kappa shape index (κ3) is 2.88. The summed E-state index contributed by atoms with van der Waals surface area (Å²) in [6.07, 6.45) is -0.0729. The largest absolute Gasteiger partial charge is 0.496 e. The lowest BCUT2D eigenvalue weighted by Crippen LogP contribution is -2.13. The number of methoxy groups -OCH3 is 1. The molecule has 18 heavy (non-hydrogen) atoms. The Bertz CT molecular complexity index is 475. The zero-order valence-electron chi connectivity index (χ0n) is 11.4. The van der Waals surface area contributed by atoms with Crippen LogP contribution in [-0.4, -0.2) is 24.8 Å². The van der Waals surface area contributed by atoms with Crippen molar-refractivity contribution in [1.29, 1.82) is 0 Å². The van der Waals surface area contributed by atoms with E-state index in [4.69, 9.17) is 9.47 Å². The summed E-state index contributed by atoms with van der Waals surface area (Å²) in [6.45, 7) is 6.54. The van der Waals surface area contributed by atoms with Crippen molar-refractivity contribution >= 4 is 11.6 Å². The number of Topliss-reactive ketones (excluding diaryl/α,β-unsaturated/α-hetero) is 2. The van der Waals surface area contributed by atoms with Gasteiger partial charge in [0, 0.05) is 0 Å². The molecule has 98 valence electrons. The second-order valence-electron chi connectivity index (χ2n) is 4.29. The number of hydrogen-bond donors (Lipinski definition) is 0. The van der Waals surface area contributed by atoms with Crippen LogP contribution in [0.4, 0.5) is 0 Å². The smallest absolute Gasteiger partial charge is 0.164 e. The second-order valence-corrected chi connectivity index (χ2v) is 4.29. The number of rotatable bonds is 5. The fraction of sp³-hybridized carbons (Fsp3) is 0.429. The summed E-state index contributed by atoms with van der Waals surface area (Å²) in [4.78, 5) is 23.5. The molecular formula is C14H18O4. The Kier molecular flexibility index (Phi) is 4.48. The highest BCUT2D eigenvalue weighted by atomic mass is 16.5. The Morgan fingerprint density at radius 2 is 1.44 bits per heavy atom. The highest BCUT2D eigenvalue weighted by Gasteiger charge is 2.22. The number of ether oxygens (including phenoxy) is 2. The number of ketones is 2. The van der Waals surface area contributed by atoms with Crippen molar-refractivity contribution in [2.75, 3.05) is 7.11 Å². The average molecular weight is 250 g/mol. The lowest BCUT2D eigenvalue weighted by atomic mass is 9.99. The van der Waals surface area contributed by atoms with Crippen LogP contribution in [0.15, 0.2) is 12.1 Å². The van der Waals surface area contributed by atoms with E-state index in [9.17, 15) is 9.59 Å². The molecule has 0 saturated heterocycles. The molecule has 0 heterocycles. The van der Waals surface area contributed by atoms with Crippen LogP contribution in [-0.2, 0) is 0 Å². The van der Waals surface area contributed by atoms with Crippen molar-refractivity contribution < 1.29 is 19.1 Å². The first-order valence-corrected chi connectivity index (χ1v) is 5.78. The van der Waals surface area contributed by atoms with Gasteiger partial charge in [-0.3, -0.25) is 9.59 Å². The minimum atomic E-state index is -0.216. The summed E-state index contributed by atoms with van der Waals surface area (Å²) in [5.41, 5.74) is 0.568. The van der Waals surface area contributed by atoms with E-state index in [0.717, 1.165) is 0 Å². The van der Waals surface area contributed by atoms with Gasteiger partial charge in [0.25, 0.3) is 0 Å². The van der Waals surface area contributed by atoms with Gasteiger partial charge in [-0.1, -0.05) is 0 Å². The maximum atomic E-state index is 11.8. The van der Waals surface area contributed by atoms with Gasteiger partial charge in [0.15, 0.2) is 11.6 Å². The Balaban J connectivity index is 3.51. The molecule has 0 amide bonds. The zero-order valence-corrected chi connectivity index (χ0v) is 11.4. The highest BCUT2D eigenvalue weighted by molar-refractivity contribution is 6.10. The standard InChI is InChI=1S/C14H18O4/c1-8(2)18-12-7-6-11(17-5)13(9(3)15)14(12)10(4)16/h6-8H,1-5H3. The van der Waals surface area contributed by atoms with Gasteiger partial charge in [0.2, 0.25) is 0 Å². The molecule has 0 aliphatic carbocycles. The monoisotopic (exact) mass is 250 g/mol. The van der Waals surface area contributed by atoms with E-state index in [1.807, 2.05) is 13.8 Å². The fourth-order valence-corrected chi connectivity index (χ4v) is 1.79. The Labute approximate surface area is 107 Å². The van der Waals surface area contributed by atoms with Crippen LogP contribution in [0, 0.1) is 0 Å². The van der Waals surface area contributed by atoms with E-state index in [2.05, 4.69) is 0 Å². The van der Waals surface area contributed by atoms with Gasteiger partial charge in [-0.15, -0.1) is 0 Å². The van der Waals surface area contributed by atoms with Crippen LogP contribution in [0.2, 0.25) is 0 Å². The van der Waals surface area contributed by atoms with Gasteiger partial charge >= 0.3 is 0 Å². The van der Waals surface area contributed by atoms with E-state index in [0.29, 0.717) is 11.5 Å². The third-order valence-electron chi connectivity index (χ3n) is 2.42. The molecule has 0 bridgehead atoms. The minimum Gasteiger partial charge on any atom is -0.496 e. The predicted octanol–water partition coefficient (Wildman–Crippen LogP) is 2.89. The molecule has 0 N–H and O–H groups in total. The molecule has 0 fully saturated rings. The molecule has 0 atom stereocenters. The second kappa shape index (κ2) is 5.67. The molecule has 1 rings (SSSR count). The van der Waals surface area contributed by atoms with Crippen molar-refractivity contribution in [2.24, 2.45) is 0 Å². The first-order chi connectivity index (χ1) is 8.38. The molecule has 1 aromatic carbocycles. The van der Waals surface area contributed by atoms with E-state index in [1.165, 1.54) is 21.0 Å². The number of carbonyl (C=O) groups is 2. The van der Waals surface area contributed by atoms with Crippen LogP contribution >= 0.6 is 0 Å². The molecule has 0 aliphatic rings. The normalized spacial score (nSPS) is 10.3. The molecule has 0 saturated carbocycles. The predicted molar refractivity (Wildman–Crippen MR) is 68.8 cm³/mol. The van der Waals surface area contributed by atoms with Crippen molar-refractivity contribution in [3.8, 4) is 11.5 Å². The summed E-state index contributed by atoms with van der Waals surface area (Å²) in [7, 11) is 1.47.